The lowest BCUT2D eigenvalue weighted by Gasteiger charge is -2.30. The number of benzene rings is 2. The number of fused-ring (bicyclic) bond motifs is 4. The van der Waals surface area contributed by atoms with Crippen LogP contribution >= 0.6 is 45.3 Å². The van der Waals surface area contributed by atoms with E-state index in [2.05, 4.69) is 70.6 Å². The molecule has 20 heteroatoms. The molecule has 16 nitrogen and oxygen atoms in total. The van der Waals surface area contributed by atoms with Crippen LogP contribution in [0, 0.1) is 13.8 Å². The van der Waals surface area contributed by atoms with E-state index in [1.165, 1.54) is 28.7 Å². The Morgan fingerprint density at radius 2 is 1.18 bits per heavy atom. The van der Waals surface area contributed by atoms with Gasteiger partial charge in [-0.2, -0.15) is 0 Å². The van der Waals surface area contributed by atoms with Crippen LogP contribution in [0.3, 0.4) is 0 Å². The molecule has 2 aliphatic rings. The number of thiophene rings is 2. The number of amides is 4. The number of carbonyl (C=O) groups excluding carboxylic acids is 4. The summed E-state index contributed by atoms with van der Waals surface area (Å²) < 4.78 is 23.0. The Morgan fingerprint density at radius 3 is 1.60 bits per heavy atom. The Kier molecular flexibility index (Phi) is 19.5. The molecule has 72 heavy (non-hydrogen) atoms. The first-order valence-electron chi connectivity index (χ1n) is 23.8. The van der Waals surface area contributed by atoms with Crippen molar-refractivity contribution in [2.45, 2.75) is 98.9 Å². The molecule has 0 aliphatic carbocycles. The molecule has 0 spiro atoms. The molecule has 0 unspecified atom stereocenters. The molecule has 0 bridgehead atoms. The number of aryl methyl sites for hydroxylation is 2. The van der Waals surface area contributed by atoms with E-state index >= 15 is 0 Å². The lowest BCUT2D eigenvalue weighted by atomic mass is 10.0. The second-order valence-corrected chi connectivity index (χ2v) is 23.5. The van der Waals surface area contributed by atoms with E-state index in [4.69, 9.17) is 29.9 Å². The summed E-state index contributed by atoms with van der Waals surface area (Å²) in [6.45, 7) is 24.1. The fraction of sp³-hybridized carbons (Fsp3) is 0.462. The molecule has 0 fully saturated rings. The molecule has 4 amide bonds. The van der Waals surface area contributed by atoms with Gasteiger partial charge in [-0.15, -0.1) is 45.3 Å². The number of aromatic nitrogens is 2. The van der Waals surface area contributed by atoms with Crippen LogP contribution in [0.1, 0.15) is 80.0 Å². The van der Waals surface area contributed by atoms with E-state index in [-0.39, 0.29) is 24.0 Å². The fourth-order valence-electron chi connectivity index (χ4n) is 7.66. The van der Waals surface area contributed by atoms with E-state index in [0.29, 0.717) is 78.3 Å². The van der Waals surface area contributed by atoms with Crippen LogP contribution in [-0.4, -0.2) is 115 Å². The Balaban J connectivity index is 0.000000217. The topological polar surface area (TPSA) is 200 Å². The van der Waals surface area contributed by atoms with Gasteiger partial charge in [0.25, 0.3) is 0 Å². The number of ether oxygens (including phenoxy) is 4. The SMILES string of the molecule is C=CC(=O)Nc1sc2c(c1-c1nc3cc(C)ccc3s1)CCN(C(=O)OC(C)(C)C)C2.COCCN.COCCNCCC(=O)Nc1sc2c(c1-c1nc3cc(C)ccc3s1)CCN(C(=O)OC(C)(C)C)C2. The summed E-state index contributed by atoms with van der Waals surface area (Å²) in [5, 5.41) is 12.6. The van der Waals surface area contributed by atoms with Crippen molar-refractivity contribution in [2.75, 3.05) is 70.8 Å². The highest BCUT2D eigenvalue weighted by molar-refractivity contribution is 7.23. The zero-order chi connectivity index (χ0) is 52.3. The van der Waals surface area contributed by atoms with Crippen molar-refractivity contribution < 1.29 is 38.1 Å². The summed E-state index contributed by atoms with van der Waals surface area (Å²) in [6, 6.07) is 12.5. The summed E-state index contributed by atoms with van der Waals surface area (Å²) in [6.07, 6.45) is 2.35. The maximum absolute atomic E-state index is 12.8. The molecule has 388 valence electrons. The van der Waals surface area contributed by atoms with Crippen molar-refractivity contribution in [1.82, 2.24) is 25.1 Å². The second kappa shape index (κ2) is 25.1. The van der Waals surface area contributed by atoms with Crippen LogP contribution in [0.2, 0.25) is 0 Å². The van der Waals surface area contributed by atoms with Gasteiger partial charge in [0.05, 0.1) is 46.7 Å². The molecule has 2 aliphatic heterocycles. The van der Waals surface area contributed by atoms with Crippen molar-refractivity contribution in [3.8, 4) is 21.1 Å². The van der Waals surface area contributed by atoms with E-state index < -0.39 is 11.2 Å². The summed E-state index contributed by atoms with van der Waals surface area (Å²) in [5.74, 6) is -0.318. The first kappa shape index (κ1) is 56.0. The fourth-order valence-corrected chi connectivity index (χ4v) is 12.4. The number of hydrogen-bond acceptors (Lipinski definition) is 16. The molecular formula is C52H68N8O8S4. The molecule has 0 radical (unpaired) electrons. The van der Waals surface area contributed by atoms with E-state index in [0.717, 1.165) is 83.6 Å². The predicted octanol–water partition coefficient (Wildman–Crippen LogP) is 10.5. The summed E-state index contributed by atoms with van der Waals surface area (Å²) >= 11 is 6.27. The zero-order valence-corrected chi connectivity index (χ0v) is 46.3. The first-order valence-corrected chi connectivity index (χ1v) is 27.1. The minimum absolute atomic E-state index is 0.0549. The minimum Gasteiger partial charge on any atom is -0.444 e. The number of nitrogens with zero attached hydrogens (tertiary/aromatic N) is 4. The highest BCUT2D eigenvalue weighted by atomic mass is 32.1. The molecule has 4 aromatic heterocycles. The molecule has 8 rings (SSSR count). The highest BCUT2D eigenvalue weighted by Crippen LogP contribution is 2.47. The normalized spacial score (nSPS) is 13.3. The van der Waals surface area contributed by atoms with Gasteiger partial charge < -0.3 is 50.4 Å². The van der Waals surface area contributed by atoms with Gasteiger partial charge in [-0.05, 0) is 121 Å². The van der Waals surface area contributed by atoms with Gasteiger partial charge in [-0.25, -0.2) is 19.6 Å². The zero-order valence-electron chi connectivity index (χ0n) is 43.0. The monoisotopic (exact) mass is 1060 g/mol. The van der Waals surface area contributed by atoms with Crippen LogP contribution in [0.4, 0.5) is 19.6 Å². The number of hydrogen-bond donors (Lipinski definition) is 4. The Hall–Kier alpha value is -5.32. The van der Waals surface area contributed by atoms with E-state index in [1.54, 1.807) is 46.7 Å². The molecule has 0 atom stereocenters. The van der Waals surface area contributed by atoms with Gasteiger partial charge in [-0.1, -0.05) is 18.7 Å². The average molecular weight is 1060 g/mol. The number of methoxy groups -OCH3 is 2. The largest absolute Gasteiger partial charge is 0.444 e. The van der Waals surface area contributed by atoms with Gasteiger partial charge in [0, 0.05) is 74.2 Å². The number of rotatable bonds is 13. The van der Waals surface area contributed by atoms with E-state index in [1.807, 2.05) is 48.5 Å². The lowest BCUT2D eigenvalue weighted by Crippen LogP contribution is -2.39. The quantitative estimate of drug-likeness (QED) is 0.0631. The van der Waals surface area contributed by atoms with Crippen molar-refractivity contribution in [3.05, 3.63) is 81.1 Å². The third kappa shape index (κ3) is 15.1. The van der Waals surface area contributed by atoms with Gasteiger partial charge in [0.2, 0.25) is 11.8 Å². The number of anilines is 2. The number of nitrogens with one attached hydrogen (secondary N) is 3. The Bertz CT molecular complexity index is 2870. The van der Waals surface area contributed by atoms with Crippen LogP contribution in [0.15, 0.2) is 49.1 Å². The minimum atomic E-state index is -0.548. The van der Waals surface area contributed by atoms with Crippen LogP contribution < -0.4 is 21.7 Å². The number of carbonyl (C=O) groups is 4. The molecule has 2 aromatic carbocycles. The maximum Gasteiger partial charge on any atom is 0.410 e. The predicted molar refractivity (Wildman–Crippen MR) is 294 cm³/mol. The van der Waals surface area contributed by atoms with Gasteiger partial charge >= 0.3 is 12.2 Å². The molecule has 6 heterocycles. The molecule has 6 aromatic rings. The third-order valence-electron chi connectivity index (χ3n) is 10.9. The van der Waals surface area contributed by atoms with Crippen molar-refractivity contribution in [2.24, 2.45) is 5.73 Å². The van der Waals surface area contributed by atoms with Crippen LogP contribution in [0.5, 0.6) is 0 Å². The van der Waals surface area contributed by atoms with Gasteiger partial charge in [0.15, 0.2) is 0 Å². The summed E-state index contributed by atoms with van der Waals surface area (Å²) in [7, 11) is 3.29. The van der Waals surface area contributed by atoms with Crippen LogP contribution in [-0.2, 0) is 54.5 Å². The molecular weight excluding hydrogens is 993 g/mol. The summed E-state index contributed by atoms with van der Waals surface area (Å²) in [5.41, 5.74) is 12.4. The van der Waals surface area contributed by atoms with Gasteiger partial charge in [0.1, 0.15) is 31.2 Å². The van der Waals surface area contributed by atoms with Crippen molar-refractivity contribution in [1.29, 1.82) is 0 Å². The van der Waals surface area contributed by atoms with E-state index in [9.17, 15) is 19.2 Å². The maximum atomic E-state index is 12.8. The number of thiazole rings is 2. The number of nitrogens with two attached hydrogens (primary N) is 1. The Labute approximate surface area is 438 Å². The molecule has 0 saturated carbocycles. The average Bonchev–Trinajstić information content (AvgIpc) is 4.09. The standard InChI is InChI=1S/C26H34N4O4S2.C23H25N3O3S2.C3H9NO/c1-16-6-7-19-18(14-16)28-23(35-19)22-17-9-12-30(25(32)34-26(2,3)4)15-20(17)36-24(22)29-21(31)8-10-27-11-13-33-5;1-6-18(27)25-21-19(20-24-15-11-13(2)7-8-16(15)30-20)14-9-10-26(12-17(14)31-21)22(28)29-23(3,4)5;1-5-3-2-4/h6-7,14,27H,8-13,15H2,1-5H3,(H,29,31);6-8,11H,1,9-10,12H2,2-5H3,(H,25,27);2-4H2,1H3. The molecule has 5 N–H and O–H groups in total. The second-order valence-electron chi connectivity index (χ2n) is 19.2. The first-order chi connectivity index (χ1) is 34.2. The molecule has 0 saturated heterocycles. The lowest BCUT2D eigenvalue weighted by molar-refractivity contribution is -0.116. The van der Waals surface area contributed by atoms with Gasteiger partial charge in [-0.3, -0.25) is 9.59 Å². The smallest absolute Gasteiger partial charge is 0.410 e. The summed E-state index contributed by atoms with van der Waals surface area (Å²) in [4.78, 5) is 65.6. The van der Waals surface area contributed by atoms with Crippen LogP contribution in [0.25, 0.3) is 41.6 Å². The van der Waals surface area contributed by atoms with Crippen molar-refractivity contribution in [3.63, 3.8) is 0 Å². The van der Waals surface area contributed by atoms with Crippen molar-refractivity contribution >= 4 is 99.8 Å². The Morgan fingerprint density at radius 1 is 0.708 bits per heavy atom. The highest BCUT2D eigenvalue weighted by Gasteiger charge is 2.33. The third-order valence-corrected chi connectivity index (χ3v) is 15.3.